The van der Waals surface area contributed by atoms with Crippen LogP contribution in [0.4, 0.5) is 0 Å². The van der Waals surface area contributed by atoms with Crippen LogP contribution in [0.2, 0.25) is 0 Å². The molecule has 3 rings (SSSR count). The largest absolute Gasteiger partial charge is 0.341 e. The molecule has 0 aliphatic rings. The molecule has 2 aromatic heterocycles. The van der Waals surface area contributed by atoms with Gasteiger partial charge in [0.05, 0.1) is 11.2 Å². The van der Waals surface area contributed by atoms with Crippen LogP contribution in [0.1, 0.15) is 74.0 Å². The standard InChI is InChI=1S/C25H30ClN5O2/c1-15(2)31-22-14-20(24(32)27-18(5)25-28-19(6)30-33-25)12-13-21(22)23(29-31)16(3)10-8-7-9-11-17(4)26/h8-15,17-18H,3,7H2,1-2,4-6H3,(H,27,32). The Labute approximate surface area is 199 Å². The van der Waals surface area contributed by atoms with E-state index in [9.17, 15) is 4.79 Å². The van der Waals surface area contributed by atoms with Gasteiger partial charge in [-0.2, -0.15) is 10.1 Å². The third-order valence-corrected chi connectivity index (χ3v) is 5.16. The van der Waals surface area contributed by atoms with Gasteiger partial charge in [0.2, 0.25) is 5.89 Å². The Kier molecular flexibility index (Phi) is 7.87. The topological polar surface area (TPSA) is 85.8 Å². The molecule has 0 aliphatic carbocycles. The summed E-state index contributed by atoms with van der Waals surface area (Å²) in [6, 6.07) is 5.28. The molecule has 0 bridgehead atoms. The second-order valence-corrected chi connectivity index (χ2v) is 8.95. The fraction of sp³-hybridized carbons (Fsp3) is 0.360. The molecule has 2 heterocycles. The maximum Gasteiger partial charge on any atom is 0.251 e. The van der Waals surface area contributed by atoms with E-state index in [1.54, 1.807) is 19.9 Å². The summed E-state index contributed by atoms with van der Waals surface area (Å²) in [7, 11) is 0. The molecule has 0 spiro atoms. The highest BCUT2D eigenvalue weighted by molar-refractivity contribution is 6.21. The average Bonchev–Trinajstić information content (AvgIpc) is 3.36. The molecule has 174 valence electrons. The van der Waals surface area contributed by atoms with Crippen molar-refractivity contribution in [3.05, 3.63) is 72.1 Å². The van der Waals surface area contributed by atoms with E-state index in [-0.39, 0.29) is 17.3 Å². The zero-order valence-electron chi connectivity index (χ0n) is 19.7. The fourth-order valence-electron chi connectivity index (χ4n) is 3.37. The highest BCUT2D eigenvalue weighted by Gasteiger charge is 2.19. The van der Waals surface area contributed by atoms with Crippen LogP contribution in [0.25, 0.3) is 16.5 Å². The Morgan fingerprint density at radius 2 is 2.03 bits per heavy atom. The van der Waals surface area contributed by atoms with Crippen molar-refractivity contribution >= 4 is 34.0 Å². The zero-order chi connectivity index (χ0) is 24.1. The third-order valence-electron chi connectivity index (χ3n) is 5.02. The van der Waals surface area contributed by atoms with Gasteiger partial charge in [-0.15, -0.1) is 11.6 Å². The van der Waals surface area contributed by atoms with E-state index in [1.807, 2.05) is 48.0 Å². The first-order chi connectivity index (χ1) is 15.7. The van der Waals surface area contributed by atoms with E-state index in [0.29, 0.717) is 17.3 Å². The molecule has 1 aromatic carbocycles. The quantitative estimate of drug-likeness (QED) is 0.239. The Balaban J connectivity index is 1.85. The fourth-order valence-corrected chi connectivity index (χ4v) is 3.48. The van der Waals surface area contributed by atoms with Crippen LogP contribution in [0.3, 0.4) is 0 Å². The molecule has 0 aliphatic heterocycles. The number of alkyl halides is 1. The normalized spacial score (nSPS) is 13.9. The number of aryl methyl sites for hydroxylation is 1. The van der Waals surface area contributed by atoms with Gasteiger partial charge in [-0.3, -0.25) is 9.48 Å². The Morgan fingerprint density at radius 1 is 1.27 bits per heavy atom. The van der Waals surface area contributed by atoms with E-state index in [0.717, 1.165) is 28.6 Å². The minimum Gasteiger partial charge on any atom is -0.341 e. The van der Waals surface area contributed by atoms with Crippen LogP contribution in [0.15, 0.2) is 53.6 Å². The van der Waals surface area contributed by atoms with E-state index in [2.05, 4.69) is 35.9 Å². The second kappa shape index (κ2) is 10.6. The van der Waals surface area contributed by atoms with Crippen LogP contribution < -0.4 is 5.32 Å². The summed E-state index contributed by atoms with van der Waals surface area (Å²) in [5.74, 6) is 0.673. The number of halogens is 1. The number of nitrogens with one attached hydrogen (secondary N) is 1. The van der Waals surface area contributed by atoms with E-state index >= 15 is 0 Å². The number of benzene rings is 1. The van der Waals surface area contributed by atoms with Crippen molar-refractivity contribution < 1.29 is 9.32 Å². The van der Waals surface area contributed by atoms with Crippen molar-refractivity contribution in [1.29, 1.82) is 0 Å². The molecule has 8 heteroatoms. The lowest BCUT2D eigenvalue weighted by Crippen LogP contribution is -2.26. The number of carbonyl (C=O) groups excluding carboxylic acids is 1. The highest BCUT2D eigenvalue weighted by atomic mass is 35.5. The van der Waals surface area contributed by atoms with E-state index in [1.165, 1.54) is 0 Å². The Bertz CT molecular complexity index is 1200. The average molecular weight is 468 g/mol. The summed E-state index contributed by atoms with van der Waals surface area (Å²) in [6.45, 7) is 13.8. The van der Waals surface area contributed by atoms with Crippen molar-refractivity contribution in [2.24, 2.45) is 0 Å². The number of rotatable bonds is 9. The molecule has 0 radical (unpaired) electrons. The van der Waals surface area contributed by atoms with Gasteiger partial charge in [0.25, 0.3) is 5.91 Å². The zero-order valence-corrected chi connectivity index (χ0v) is 20.4. The first-order valence-electron chi connectivity index (χ1n) is 11.0. The number of allylic oxidation sites excluding steroid dienone is 5. The summed E-state index contributed by atoms with van der Waals surface area (Å²) in [6.07, 6.45) is 8.73. The van der Waals surface area contributed by atoms with Crippen LogP contribution in [0.5, 0.6) is 0 Å². The van der Waals surface area contributed by atoms with Gasteiger partial charge in [0, 0.05) is 22.4 Å². The summed E-state index contributed by atoms with van der Waals surface area (Å²) in [5, 5.41) is 12.4. The monoisotopic (exact) mass is 467 g/mol. The summed E-state index contributed by atoms with van der Waals surface area (Å²) in [4.78, 5) is 17.1. The molecule has 0 fully saturated rings. The van der Waals surface area contributed by atoms with Crippen LogP contribution in [-0.4, -0.2) is 31.2 Å². The van der Waals surface area contributed by atoms with Crippen molar-refractivity contribution in [1.82, 2.24) is 25.2 Å². The van der Waals surface area contributed by atoms with Crippen molar-refractivity contribution in [3.63, 3.8) is 0 Å². The van der Waals surface area contributed by atoms with Crippen LogP contribution in [-0.2, 0) is 0 Å². The Hall–Kier alpha value is -3.19. The van der Waals surface area contributed by atoms with Crippen LogP contribution >= 0.6 is 11.6 Å². The molecule has 7 nitrogen and oxygen atoms in total. The Morgan fingerprint density at radius 3 is 2.67 bits per heavy atom. The molecule has 0 saturated heterocycles. The summed E-state index contributed by atoms with van der Waals surface area (Å²) >= 11 is 5.93. The number of nitrogens with zero attached hydrogens (tertiary/aromatic N) is 4. The highest BCUT2D eigenvalue weighted by Crippen LogP contribution is 2.28. The van der Waals surface area contributed by atoms with Gasteiger partial charge in [-0.25, -0.2) is 0 Å². The van der Waals surface area contributed by atoms with Crippen molar-refractivity contribution in [3.8, 4) is 0 Å². The van der Waals surface area contributed by atoms with E-state index < -0.39 is 6.04 Å². The van der Waals surface area contributed by atoms with Gasteiger partial charge in [-0.1, -0.05) is 36.0 Å². The van der Waals surface area contributed by atoms with Gasteiger partial charge < -0.3 is 9.84 Å². The lowest BCUT2D eigenvalue weighted by Gasteiger charge is -2.11. The minimum atomic E-state index is -0.402. The number of aromatic nitrogens is 4. The summed E-state index contributed by atoms with van der Waals surface area (Å²) in [5.41, 5.74) is 3.01. The first kappa shape index (κ1) is 24.5. The lowest BCUT2D eigenvalue weighted by atomic mass is 10.1. The maximum absolute atomic E-state index is 12.9. The van der Waals surface area contributed by atoms with E-state index in [4.69, 9.17) is 21.2 Å². The second-order valence-electron chi connectivity index (χ2n) is 8.26. The maximum atomic E-state index is 12.9. The summed E-state index contributed by atoms with van der Waals surface area (Å²) < 4.78 is 7.07. The predicted octanol–water partition coefficient (Wildman–Crippen LogP) is 5.94. The molecular weight excluding hydrogens is 438 g/mol. The molecular formula is C25H30ClN5O2. The smallest absolute Gasteiger partial charge is 0.251 e. The molecule has 1 amide bonds. The van der Waals surface area contributed by atoms with Gasteiger partial charge in [-0.05, 0) is 64.8 Å². The first-order valence-corrected chi connectivity index (χ1v) is 11.4. The molecule has 0 saturated carbocycles. The SMILES string of the molecule is C=C(C=CCC=CC(C)Cl)c1nn(C(C)C)c2cc(C(=O)NC(C)c3nc(C)no3)ccc12. The molecule has 2 atom stereocenters. The number of hydrogen-bond acceptors (Lipinski definition) is 5. The van der Waals surface area contributed by atoms with Gasteiger partial charge in [0.15, 0.2) is 5.82 Å². The van der Waals surface area contributed by atoms with Crippen molar-refractivity contribution in [2.75, 3.05) is 0 Å². The van der Waals surface area contributed by atoms with Crippen molar-refractivity contribution in [2.45, 2.75) is 58.5 Å². The van der Waals surface area contributed by atoms with Crippen LogP contribution in [0, 0.1) is 6.92 Å². The lowest BCUT2D eigenvalue weighted by molar-refractivity contribution is 0.0932. The number of carbonyl (C=O) groups is 1. The molecule has 33 heavy (non-hydrogen) atoms. The minimum absolute atomic E-state index is 0.0118. The number of amides is 1. The van der Waals surface area contributed by atoms with Gasteiger partial charge in [0.1, 0.15) is 6.04 Å². The number of fused-ring (bicyclic) bond motifs is 1. The number of hydrogen-bond donors (Lipinski definition) is 1. The molecule has 2 unspecified atom stereocenters. The molecule has 3 aromatic rings. The molecule has 1 N–H and O–H groups in total. The third kappa shape index (κ3) is 5.99. The predicted molar refractivity (Wildman–Crippen MR) is 132 cm³/mol. The van der Waals surface area contributed by atoms with Gasteiger partial charge >= 0.3 is 0 Å².